The molecule has 1 N–H and O–H groups in total. The van der Waals surface area contributed by atoms with E-state index in [1.165, 1.54) is 12.1 Å². The van der Waals surface area contributed by atoms with Crippen LogP contribution in [0.2, 0.25) is 0 Å². The summed E-state index contributed by atoms with van der Waals surface area (Å²) in [5, 5.41) is 9.72. The van der Waals surface area contributed by atoms with E-state index in [1.54, 1.807) is 24.3 Å². The van der Waals surface area contributed by atoms with Crippen molar-refractivity contribution >= 4 is 16.0 Å². The summed E-state index contributed by atoms with van der Waals surface area (Å²) >= 11 is 0. The zero-order chi connectivity index (χ0) is 14.8. The molecule has 20 heavy (non-hydrogen) atoms. The van der Waals surface area contributed by atoms with E-state index in [4.69, 9.17) is 0 Å². The van der Waals surface area contributed by atoms with Gasteiger partial charge in [0.15, 0.2) is 10.3 Å². The van der Waals surface area contributed by atoms with Crippen molar-refractivity contribution in [2.24, 2.45) is 0 Å². The van der Waals surface area contributed by atoms with Crippen LogP contribution in [0.1, 0.15) is 11.1 Å². The van der Waals surface area contributed by atoms with Gasteiger partial charge in [0, 0.05) is 0 Å². The molecule has 0 atom stereocenters. The molecule has 0 aromatic heterocycles. The Morgan fingerprint density at radius 3 is 2.25 bits per heavy atom. The second-order valence-corrected chi connectivity index (χ2v) is 5.73. The van der Waals surface area contributed by atoms with Gasteiger partial charge in [-0.1, -0.05) is 42.0 Å². The first-order chi connectivity index (χ1) is 9.38. The van der Waals surface area contributed by atoms with Crippen molar-refractivity contribution in [1.82, 2.24) is 0 Å². The number of nitrogens with zero attached hydrogens (tertiary/aromatic N) is 1. The molecule has 0 amide bonds. The Kier molecular flexibility index (Phi) is 3.96. The van der Waals surface area contributed by atoms with E-state index >= 15 is 0 Å². The average molecular weight is 292 g/mol. The summed E-state index contributed by atoms with van der Waals surface area (Å²) in [4.78, 5) is 0. The molecule has 2 aromatic carbocycles. The first-order valence-electron chi connectivity index (χ1n) is 5.95. The van der Waals surface area contributed by atoms with Crippen LogP contribution in [0.25, 0.3) is 0 Å². The molecule has 106 valence electrons. The van der Waals surface area contributed by atoms with Gasteiger partial charge in [-0.25, -0.2) is 8.42 Å². The van der Waals surface area contributed by atoms with Crippen molar-refractivity contribution in [3.63, 3.8) is 0 Å². The summed E-state index contributed by atoms with van der Waals surface area (Å²) < 4.78 is 34.9. The standard InChI is InChI=1S/C14H15NO4S/c1-11-6-8-12(9-7-11)10-15(20(17,18)19)13-4-2-3-5-14(13)16/h2-9,16H,10H2,1H3,(H,17,18,19)/p-1. The fourth-order valence-corrected chi connectivity index (χ4v) is 2.52. The van der Waals surface area contributed by atoms with Gasteiger partial charge in [0.1, 0.15) is 5.75 Å². The first-order valence-corrected chi connectivity index (χ1v) is 7.31. The number of phenols is 1. The lowest BCUT2D eigenvalue weighted by Gasteiger charge is -2.27. The number of benzene rings is 2. The lowest BCUT2D eigenvalue weighted by Crippen LogP contribution is -2.30. The van der Waals surface area contributed by atoms with Gasteiger partial charge >= 0.3 is 0 Å². The number of para-hydroxylation sites is 2. The van der Waals surface area contributed by atoms with Crippen LogP contribution in [0, 0.1) is 6.92 Å². The summed E-state index contributed by atoms with van der Waals surface area (Å²) in [5.41, 5.74) is 1.68. The number of aryl methyl sites for hydroxylation is 1. The molecule has 6 heteroatoms. The molecule has 0 fully saturated rings. The second kappa shape index (κ2) is 5.52. The van der Waals surface area contributed by atoms with Crippen molar-refractivity contribution in [3.05, 3.63) is 59.7 Å². The smallest absolute Gasteiger partial charge is 0.184 e. The molecule has 0 bridgehead atoms. The Hall–Kier alpha value is -2.05. The lowest BCUT2D eigenvalue weighted by atomic mass is 10.1. The van der Waals surface area contributed by atoms with E-state index in [1.807, 2.05) is 19.1 Å². The molecule has 5 nitrogen and oxygen atoms in total. The van der Waals surface area contributed by atoms with Crippen molar-refractivity contribution in [3.8, 4) is 5.75 Å². The van der Waals surface area contributed by atoms with Crippen molar-refractivity contribution in [2.75, 3.05) is 4.31 Å². The van der Waals surface area contributed by atoms with Crippen LogP contribution < -0.4 is 4.31 Å². The molecule has 0 saturated heterocycles. The highest BCUT2D eigenvalue weighted by molar-refractivity contribution is 7.87. The third kappa shape index (κ3) is 3.28. The van der Waals surface area contributed by atoms with Crippen LogP contribution in [-0.4, -0.2) is 18.1 Å². The minimum Gasteiger partial charge on any atom is -0.731 e. The lowest BCUT2D eigenvalue weighted by molar-refractivity contribution is 0.451. The Morgan fingerprint density at radius 1 is 1.10 bits per heavy atom. The van der Waals surface area contributed by atoms with E-state index in [-0.39, 0.29) is 18.0 Å². The summed E-state index contributed by atoms with van der Waals surface area (Å²) in [6.45, 7) is 1.79. The molecular weight excluding hydrogens is 278 g/mol. The maximum atomic E-state index is 11.4. The number of hydrogen-bond acceptors (Lipinski definition) is 4. The Labute approximate surface area is 118 Å². The van der Waals surface area contributed by atoms with Crippen LogP contribution in [0.5, 0.6) is 5.75 Å². The molecular formula is C14H14NO4S-. The highest BCUT2D eigenvalue weighted by atomic mass is 32.2. The fraction of sp³-hybridized carbons (Fsp3) is 0.143. The van der Waals surface area contributed by atoms with Crippen LogP contribution in [0.15, 0.2) is 48.5 Å². The number of anilines is 1. The molecule has 0 aliphatic heterocycles. The number of rotatable bonds is 4. The molecule has 2 rings (SSSR count). The van der Waals surface area contributed by atoms with Gasteiger partial charge in [0.05, 0.1) is 12.2 Å². The first kappa shape index (κ1) is 14.4. The van der Waals surface area contributed by atoms with E-state index < -0.39 is 10.3 Å². The zero-order valence-corrected chi connectivity index (χ0v) is 11.7. The van der Waals surface area contributed by atoms with E-state index in [0.29, 0.717) is 9.87 Å². The van der Waals surface area contributed by atoms with Gasteiger partial charge in [0.25, 0.3) is 0 Å². The van der Waals surface area contributed by atoms with Crippen LogP contribution in [0.3, 0.4) is 0 Å². The number of hydrogen-bond donors (Lipinski definition) is 1. The zero-order valence-electron chi connectivity index (χ0n) is 10.9. The van der Waals surface area contributed by atoms with Gasteiger partial charge in [-0.15, -0.1) is 0 Å². The minimum atomic E-state index is -4.73. The topological polar surface area (TPSA) is 80.7 Å². The van der Waals surface area contributed by atoms with Crippen LogP contribution in [0.4, 0.5) is 5.69 Å². The van der Waals surface area contributed by atoms with E-state index in [9.17, 15) is 18.1 Å². The summed E-state index contributed by atoms with van der Waals surface area (Å²) in [6.07, 6.45) is 0. The Morgan fingerprint density at radius 2 is 1.70 bits per heavy atom. The van der Waals surface area contributed by atoms with E-state index in [0.717, 1.165) is 5.56 Å². The van der Waals surface area contributed by atoms with Gasteiger partial charge in [0.2, 0.25) is 0 Å². The van der Waals surface area contributed by atoms with Gasteiger partial charge in [-0.3, -0.25) is 4.31 Å². The van der Waals surface area contributed by atoms with Gasteiger partial charge in [-0.05, 0) is 24.6 Å². The highest BCUT2D eigenvalue weighted by Gasteiger charge is 2.16. The average Bonchev–Trinajstić information content (AvgIpc) is 2.38. The molecule has 0 radical (unpaired) electrons. The van der Waals surface area contributed by atoms with Crippen molar-refractivity contribution < 1.29 is 18.1 Å². The molecule has 2 aromatic rings. The molecule has 0 aliphatic carbocycles. The van der Waals surface area contributed by atoms with Crippen molar-refractivity contribution in [1.29, 1.82) is 0 Å². The third-order valence-electron chi connectivity index (χ3n) is 2.87. The van der Waals surface area contributed by atoms with Crippen molar-refractivity contribution in [2.45, 2.75) is 13.5 Å². The van der Waals surface area contributed by atoms with Gasteiger partial charge in [-0.2, -0.15) is 0 Å². The predicted molar refractivity (Wildman–Crippen MR) is 75.2 cm³/mol. The van der Waals surface area contributed by atoms with Gasteiger partial charge < -0.3 is 9.66 Å². The molecule has 0 aliphatic rings. The Bertz CT molecular complexity index is 695. The quantitative estimate of drug-likeness (QED) is 0.876. The molecule has 0 spiro atoms. The minimum absolute atomic E-state index is 0.0249. The van der Waals surface area contributed by atoms with Crippen LogP contribution >= 0.6 is 0 Å². The normalized spacial score (nSPS) is 11.3. The molecule has 0 heterocycles. The van der Waals surface area contributed by atoms with E-state index in [2.05, 4.69) is 0 Å². The molecule has 0 unspecified atom stereocenters. The largest absolute Gasteiger partial charge is 0.731 e. The monoisotopic (exact) mass is 292 g/mol. The highest BCUT2D eigenvalue weighted by Crippen LogP contribution is 2.29. The predicted octanol–water partition coefficient (Wildman–Crippen LogP) is 2.17. The maximum Gasteiger partial charge on any atom is 0.184 e. The maximum absolute atomic E-state index is 11.4. The number of aromatic hydroxyl groups is 1. The fourth-order valence-electron chi connectivity index (χ4n) is 1.82. The summed E-state index contributed by atoms with van der Waals surface area (Å²) in [6, 6.07) is 13.0. The van der Waals surface area contributed by atoms with Crippen LogP contribution in [-0.2, 0) is 16.8 Å². The second-order valence-electron chi connectivity index (χ2n) is 4.44. The SMILES string of the molecule is Cc1ccc(CN(c2ccccc2O)S(=O)(=O)[O-])cc1. The number of phenolic OH excluding ortho intramolecular Hbond substituents is 1. The summed E-state index contributed by atoms with van der Waals surface area (Å²) in [5.74, 6) is -0.251. The molecule has 0 saturated carbocycles. The summed E-state index contributed by atoms with van der Waals surface area (Å²) in [7, 11) is -4.73. The third-order valence-corrected chi connectivity index (χ3v) is 3.73. The Balaban J connectivity index is 2.40.